The van der Waals surface area contributed by atoms with Gasteiger partial charge in [0.15, 0.2) is 0 Å². The zero-order chi connectivity index (χ0) is 10.3. The fraction of sp³-hybridized carbons (Fsp3) is 0. The monoisotopic (exact) mass is 232 g/mol. The molecule has 0 unspecified atom stereocenters. The Morgan fingerprint density at radius 2 is 1.31 bits per heavy atom. The topological polar surface area (TPSA) is 0 Å². The molecule has 16 heavy (non-hydrogen) atoms. The van der Waals surface area contributed by atoms with E-state index in [1.54, 1.807) is 0 Å². The molecule has 0 nitrogen and oxygen atoms in total. The second-order valence-corrected chi connectivity index (χ2v) is 3.35. The van der Waals surface area contributed by atoms with Crippen molar-refractivity contribution in [2.24, 2.45) is 0 Å². The second-order valence-electron chi connectivity index (χ2n) is 3.35. The third kappa shape index (κ3) is 4.68. The van der Waals surface area contributed by atoms with Crippen LogP contribution in [-0.2, 0) is 0 Å². The predicted molar refractivity (Wildman–Crippen MR) is 65.3 cm³/mol. The van der Waals surface area contributed by atoms with Gasteiger partial charge in [-0.3, -0.25) is 0 Å². The molecule has 0 saturated heterocycles. The van der Waals surface area contributed by atoms with Crippen LogP contribution in [0.3, 0.4) is 0 Å². The normalized spacial score (nSPS) is 9.75. The summed E-state index contributed by atoms with van der Waals surface area (Å²) in [6, 6.07) is 20.6. The molecule has 0 fully saturated rings. The first-order valence-electron chi connectivity index (χ1n) is 5.07. The number of allylic oxidation sites excluding steroid dienone is 1. The van der Waals surface area contributed by atoms with Crippen LogP contribution in [0.1, 0.15) is 11.1 Å². The van der Waals surface area contributed by atoms with Crippen molar-refractivity contribution in [1.29, 1.82) is 0 Å². The number of benzene rings is 2. The summed E-state index contributed by atoms with van der Waals surface area (Å²) in [6.07, 6.45) is 6.28. The minimum atomic E-state index is 0. The fourth-order valence-electron chi connectivity index (χ4n) is 1.40. The molecule has 0 heterocycles. The Labute approximate surface area is 140 Å². The van der Waals surface area contributed by atoms with Crippen molar-refractivity contribution in [3.63, 3.8) is 0 Å². The summed E-state index contributed by atoms with van der Waals surface area (Å²) in [5, 5.41) is 0. The van der Waals surface area contributed by atoms with E-state index in [2.05, 4.69) is 42.8 Å². The van der Waals surface area contributed by atoms with E-state index in [-0.39, 0.29) is 51.4 Å². The van der Waals surface area contributed by atoms with E-state index >= 15 is 0 Å². The summed E-state index contributed by atoms with van der Waals surface area (Å²) in [7, 11) is 0. The van der Waals surface area contributed by atoms with Crippen LogP contribution >= 0.6 is 0 Å². The predicted octanol–water partition coefficient (Wildman–Crippen LogP) is 0.956. The summed E-state index contributed by atoms with van der Waals surface area (Å²) in [6.45, 7) is 0. The first kappa shape index (κ1) is 13.8. The van der Waals surface area contributed by atoms with Crippen molar-refractivity contribution < 1.29 is 51.4 Å². The van der Waals surface area contributed by atoms with Crippen LogP contribution in [0, 0.1) is 6.42 Å². The smallest absolute Gasteiger partial charge is 0.148 e. The molecule has 0 aliphatic heterocycles. The molecular formula is C15H13K. The van der Waals surface area contributed by atoms with Crippen LogP contribution in [0.2, 0.25) is 0 Å². The molecule has 0 aromatic heterocycles. The van der Waals surface area contributed by atoms with Crippen molar-refractivity contribution in [1.82, 2.24) is 0 Å². The quantitative estimate of drug-likeness (QED) is 0.546. The minimum absolute atomic E-state index is 0. The van der Waals surface area contributed by atoms with Crippen molar-refractivity contribution in [3.05, 3.63) is 84.3 Å². The molecule has 0 aliphatic rings. The maximum atomic E-state index is 2.10. The molecule has 0 N–H and O–H groups in total. The summed E-state index contributed by atoms with van der Waals surface area (Å²) in [5.74, 6) is 0. The molecular weight excluding hydrogens is 219 g/mol. The van der Waals surface area contributed by atoms with Crippen LogP contribution < -0.4 is 51.4 Å². The first-order valence-corrected chi connectivity index (χ1v) is 5.07. The van der Waals surface area contributed by atoms with Gasteiger partial charge in [0.05, 0.1) is 0 Å². The molecule has 0 amide bonds. The summed E-state index contributed by atoms with van der Waals surface area (Å²) < 4.78 is 0. The van der Waals surface area contributed by atoms with Gasteiger partial charge in [-0.15, -0.1) is 48.4 Å². The summed E-state index contributed by atoms with van der Waals surface area (Å²) in [5.41, 5.74) is 2.45. The fourth-order valence-corrected chi connectivity index (χ4v) is 1.40. The molecule has 0 bridgehead atoms. The van der Waals surface area contributed by atoms with E-state index in [4.69, 9.17) is 0 Å². The van der Waals surface area contributed by atoms with E-state index in [0.717, 1.165) is 0 Å². The summed E-state index contributed by atoms with van der Waals surface area (Å²) >= 11 is 0. The molecule has 1 heteroatoms. The molecule has 74 valence electrons. The van der Waals surface area contributed by atoms with Gasteiger partial charge >= 0.3 is 51.4 Å². The van der Waals surface area contributed by atoms with E-state index in [1.807, 2.05) is 36.4 Å². The van der Waals surface area contributed by atoms with Crippen LogP contribution in [0.5, 0.6) is 0 Å². The molecule has 2 rings (SSSR count). The Bertz CT molecular complexity index is 418. The van der Waals surface area contributed by atoms with Gasteiger partial charge in [-0.1, -0.05) is 42.0 Å². The Morgan fingerprint density at radius 1 is 0.750 bits per heavy atom. The van der Waals surface area contributed by atoms with Crippen LogP contribution in [0.4, 0.5) is 0 Å². The van der Waals surface area contributed by atoms with Gasteiger partial charge in [0.2, 0.25) is 0 Å². The van der Waals surface area contributed by atoms with Crippen LogP contribution in [-0.4, -0.2) is 0 Å². The molecule has 0 spiro atoms. The molecule has 0 aliphatic carbocycles. The second kappa shape index (κ2) is 7.88. The van der Waals surface area contributed by atoms with E-state index in [0.29, 0.717) is 0 Å². The van der Waals surface area contributed by atoms with Gasteiger partial charge in [0, 0.05) is 0 Å². The standard InChI is InChI=1S/C15H13.K/c1-3-8-14(9-4-1)12-7-13-15-10-5-2-6-11-15;/h1-13H;/q-1;+1. The van der Waals surface area contributed by atoms with Crippen LogP contribution in [0.25, 0.3) is 6.08 Å². The number of hydrogen-bond donors (Lipinski definition) is 0. The van der Waals surface area contributed by atoms with Gasteiger partial charge in [-0.05, 0) is 0 Å². The Kier molecular flexibility index (Phi) is 6.77. The SMILES string of the molecule is C(=Cc1ccccc1)[CH-]c1ccccc1.[K+]. The largest absolute Gasteiger partial charge is 1.00 e. The van der Waals surface area contributed by atoms with Crippen molar-refractivity contribution in [2.45, 2.75) is 0 Å². The zero-order valence-corrected chi connectivity index (χ0v) is 12.6. The van der Waals surface area contributed by atoms with E-state index < -0.39 is 0 Å². The maximum absolute atomic E-state index is 2.10. The average molecular weight is 232 g/mol. The van der Waals surface area contributed by atoms with Gasteiger partial charge in [-0.25, -0.2) is 0 Å². The minimum Gasteiger partial charge on any atom is -0.148 e. The number of rotatable bonds is 3. The molecule has 0 atom stereocenters. The van der Waals surface area contributed by atoms with Crippen LogP contribution in [0.15, 0.2) is 66.7 Å². The van der Waals surface area contributed by atoms with Crippen molar-refractivity contribution >= 4 is 6.08 Å². The Morgan fingerprint density at radius 3 is 1.94 bits per heavy atom. The Hall–Kier alpha value is -0.314. The third-order valence-corrected chi connectivity index (χ3v) is 2.18. The van der Waals surface area contributed by atoms with E-state index in [1.165, 1.54) is 11.1 Å². The van der Waals surface area contributed by atoms with Gasteiger partial charge in [0.1, 0.15) is 0 Å². The molecule has 2 aromatic carbocycles. The van der Waals surface area contributed by atoms with Gasteiger partial charge in [-0.2, -0.15) is 0 Å². The van der Waals surface area contributed by atoms with Gasteiger partial charge in [0.25, 0.3) is 0 Å². The summed E-state index contributed by atoms with van der Waals surface area (Å²) in [4.78, 5) is 0. The average Bonchev–Trinajstić information content (AvgIpc) is 2.32. The Balaban J connectivity index is 0.00000128. The van der Waals surface area contributed by atoms with Crippen molar-refractivity contribution in [2.75, 3.05) is 0 Å². The molecule has 0 radical (unpaired) electrons. The zero-order valence-electron chi connectivity index (χ0n) is 9.51. The maximum Gasteiger partial charge on any atom is 1.00 e. The molecule has 2 aromatic rings. The first-order chi connectivity index (χ1) is 7.45. The van der Waals surface area contributed by atoms with Crippen molar-refractivity contribution in [3.8, 4) is 0 Å². The third-order valence-electron chi connectivity index (χ3n) is 2.18. The number of hydrogen-bond acceptors (Lipinski definition) is 0. The van der Waals surface area contributed by atoms with Gasteiger partial charge < -0.3 is 0 Å². The molecule has 0 saturated carbocycles. The van der Waals surface area contributed by atoms with E-state index in [9.17, 15) is 0 Å².